The molecule has 0 bridgehead atoms. The summed E-state index contributed by atoms with van der Waals surface area (Å²) in [4.78, 5) is 53.9. The Morgan fingerprint density at radius 3 is 2.44 bits per heavy atom. The number of carbonyl (C=O) groups is 4. The van der Waals surface area contributed by atoms with Gasteiger partial charge < -0.3 is 19.5 Å². The number of nitrogens with zero attached hydrogens (tertiary/aromatic N) is 1. The fourth-order valence-corrected chi connectivity index (χ4v) is 6.42. The van der Waals surface area contributed by atoms with E-state index in [2.05, 4.69) is 19.1 Å². The minimum absolute atomic E-state index is 0.0844. The molecular weight excluding hydrogens is 546 g/mol. The third kappa shape index (κ3) is 9.45. The van der Waals surface area contributed by atoms with Crippen molar-refractivity contribution in [2.75, 3.05) is 6.54 Å². The lowest BCUT2D eigenvalue weighted by atomic mass is 9.86. The van der Waals surface area contributed by atoms with Crippen LogP contribution in [-0.2, 0) is 35.1 Å². The SMILES string of the molecule is CCC(=O)CCCCC[C@H](OC(=O)C1CCCCN1C(=O)C(=O)[C@]1(O)O[C@H](CC)CC[C@H]1C)C(CC)Cc1ccccc1. The molecule has 2 fully saturated rings. The monoisotopic (exact) mass is 599 g/mol. The van der Waals surface area contributed by atoms with Gasteiger partial charge in [-0.15, -0.1) is 0 Å². The van der Waals surface area contributed by atoms with Crippen LogP contribution in [0.2, 0.25) is 0 Å². The van der Waals surface area contributed by atoms with Gasteiger partial charge >= 0.3 is 5.97 Å². The molecule has 0 saturated carbocycles. The number of aliphatic hydroxyl groups is 1. The number of likely N-dealkylation sites (tertiary alicyclic amines) is 1. The number of carbonyl (C=O) groups excluding carboxylic acids is 4. The Bertz CT molecular complexity index is 1060. The maximum absolute atomic E-state index is 13.8. The first kappa shape index (κ1) is 34.9. The smallest absolute Gasteiger partial charge is 0.329 e. The van der Waals surface area contributed by atoms with Crippen LogP contribution < -0.4 is 0 Å². The fourth-order valence-electron chi connectivity index (χ4n) is 6.42. The number of hydrogen-bond donors (Lipinski definition) is 1. The molecule has 0 aromatic heterocycles. The molecular formula is C35H53NO7. The van der Waals surface area contributed by atoms with Crippen LogP contribution in [0.5, 0.6) is 0 Å². The highest BCUT2D eigenvalue weighted by Crippen LogP contribution is 2.35. The highest BCUT2D eigenvalue weighted by atomic mass is 16.6. The Hall–Kier alpha value is -2.58. The summed E-state index contributed by atoms with van der Waals surface area (Å²) in [6.07, 6.45) is 8.98. The van der Waals surface area contributed by atoms with E-state index in [1.807, 2.05) is 32.0 Å². The van der Waals surface area contributed by atoms with Crippen molar-refractivity contribution in [1.82, 2.24) is 4.90 Å². The number of esters is 1. The molecule has 1 N–H and O–H groups in total. The van der Waals surface area contributed by atoms with E-state index in [0.717, 1.165) is 44.9 Å². The molecule has 43 heavy (non-hydrogen) atoms. The summed E-state index contributed by atoms with van der Waals surface area (Å²) in [6, 6.07) is 9.26. The number of unbranched alkanes of at least 4 members (excludes halogenated alkanes) is 2. The van der Waals surface area contributed by atoms with E-state index in [9.17, 15) is 24.3 Å². The van der Waals surface area contributed by atoms with E-state index in [0.29, 0.717) is 44.9 Å². The number of ketones is 2. The second-order valence-electron chi connectivity index (χ2n) is 12.5. The largest absolute Gasteiger partial charge is 0.461 e. The standard InChI is InChI=1S/C35H53NO7/c1-5-27(24-26-16-10-8-11-17-26)31(20-13-9-12-18-28(37)6-2)42-34(40)30-19-14-15-23-36(30)33(39)32(38)35(41)25(4)21-22-29(7-3)43-35/h8,10-11,16-17,25,27,29-31,41H,5-7,9,12-15,18-24H2,1-4H3/t25-,27?,29-,30?,31+,35-/m1/s1. The van der Waals surface area contributed by atoms with Crippen molar-refractivity contribution in [1.29, 1.82) is 0 Å². The highest BCUT2D eigenvalue weighted by molar-refractivity contribution is 6.39. The summed E-state index contributed by atoms with van der Waals surface area (Å²) in [6.45, 7) is 7.87. The number of piperidine rings is 1. The zero-order chi connectivity index (χ0) is 31.4. The van der Waals surface area contributed by atoms with Crippen molar-refractivity contribution >= 4 is 23.4 Å². The van der Waals surface area contributed by atoms with Crippen LogP contribution in [0.4, 0.5) is 0 Å². The Kier molecular flexibility index (Phi) is 13.8. The van der Waals surface area contributed by atoms with Gasteiger partial charge in [0.1, 0.15) is 17.9 Å². The number of ether oxygens (including phenoxy) is 2. The number of amides is 1. The normalized spacial score (nSPS) is 25.5. The molecule has 2 aliphatic heterocycles. The molecule has 1 aromatic carbocycles. The van der Waals surface area contributed by atoms with E-state index in [1.165, 1.54) is 10.5 Å². The van der Waals surface area contributed by atoms with Crippen molar-refractivity contribution in [2.24, 2.45) is 11.8 Å². The van der Waals surface area contributed by atoms with Crippen molar-refractivity contribution in [3.8, 4) is 0 Å². The van der Waals surface area contributed by atoms with Gasteiger partial charge in [0.2, 0.25) is 5.79 Å². The lowest BCUT2D eigenvalue weighted by Crippen LogP contribution is -2.60. The molecule has 2 heterocycles. The molecule has 2 saturated heterocycles. The minimum atomic E-state index is -2.19. The van der Waals surface area contributed by atoms with Gasteiger partial charge in [0.15, 0.2) is 0 Å². The van der Waals surface area contributed by atoms with Crippen LogP contribution in [0.25, 0.3) is 0 Å². The summed E-state index contributed by atoms with van der Waals surface area (Å²) in [5.74, 6) is -4.73. The second kappa shape index (κ2) is 17.0. The summed E-state index contributed by atoms with van der Waals surface area (Å²) >= 11 is 0. The molecule has 8 nitrogen and oxygen atoms in total. The average molecular weight is 600 g/mol. The minimum Gasteiger partial charge on any atom is -0.461 e. The Morgan fingerprint density at radius 2 is 1.77 bits per heavy atom. The molecule has 0 aliphatic carbocycles. The van der Waals surface area contributed by atoms with Gasteiger partial charge in [-0.25, -0.2) is 4.79 Å². The van der Waals surface area contributed by atoms with Gasteiger partial charge in [0.25, 0.3) is 11.7 Å². The Morgan fingerprint density at radius 1 is 1.02 bits per heavy atom. The van der Waals surface area contributed by atoms with Crippen LogP contribution in [0.15, 0.2) is 30.3 Å². The summed E-state index contributed by atoms with van der Waals surface area (Å²) in [7, 11) is 0. The molecule has 3 rings (SSSR count). The molecule has 8 heteroatoms. The third-order valence-corrected chi connectivity index (χ3v) is 9.44. The first-order valence-corrected chi connectivity index (χ1v) is 16.7. The predicted octanol–water partition coefficient (Wildman–Crippen LogP) is 5.96. The van der Waals surface area contributed by atoms with E-state index in [1.54, 1.807) is 6.92 Å². The molecule has 6 atom stereocenters. The maximum Gasteiger partial charge on any atom is 0.329 e. The molecule has 2 unspecified atom stereocenters. The van der Waals surface area contributed by atoms with Crippen LogP contribution in [0.1, 0.15) is 117 Å². The van der Waals surface area contributed by atoms with Crippen molar-refractivity contribution < 1.29 is 33.8 Å². The van der Waals surface area contributed by atoms with Crippen LogP contribution in [-0.4, -0.2) is 64.0 Å². The predicted molar refractivity (Wildman–Crippen MR) is 165 cm³/mol. The summed E-state index contributed by atoms with van der Waals surface area (Å²) < 4.78 is 12.0. The van der Waals surface area contributed by atoms with Gasteiger partial charge in [-0.1, -0.05) is 64.4 Å². The lowest BCUT2D eigenvalue weighted by Gasteiger charge is -2.42. The van der Waals surface area contributed by atoms with Crippen molar-refractivity contribution in [3.05, 3.63) is 35.9 Å². The van der Waals surface area contributed by atoms with E-state index in [4.69, 9.17) is 9.47 Å². The van der Waals surface area contributed by atoms with Gasteiger partial charge in [-0.2, -0.15) is 0 Å². The zero-order valence-corrected chi connectivity index (χ0v) is 26.7. The van der Waals surface area contributed by atoms with E-state index in [-0.39, 0.29) is 30.5 Å². The number of rotatable bonds is 16. The van der Waals surface area contributed by atoms with Gasteiger partial charge in [-0.05, 0) is 82.1 Å². The Balaban J connectivity index is 1.74. The van der Waals surface area contributed by atoms with Crippen LogP contribution >= 0.6 is 0 Å². The quantitative estimate of drug-likeness (QED) is 0.142. The number of hydrogen-bond acceptors (Lipinski definition) is 7. The van der Waals surface area contributed by atoms with E-state index < -0.39 is 35.4 Å². The number of benzene rings is 1. The van der Waals surface area contributed by atoms with Crippen LogP contribution in [0.3, 0.4) is 0 Å². The average Bonchev–Trinajstić information content (AvgIpc) is 3.03. The van der Waals surface area contributed by atoms with Crippen LogP contribution in [0, 0.1) is 11.8 Å². The zero-order valence-electron chi connectivity index (χ0n) is 26.7. The van der Waals surface area contributed by atoms with Gasteiger partial charge in [0, 0.05) is 25.3 Å². The maximum atomic E-state index is 13.8. The van der Waals surface area contributed by atoms with Crippen molar-refractivity contribution in [3.63, 3.8) is 0 Å². The molecule has 240 valence electrons. The summed E-state index contributed by atoms with van der Waals surface area (Å²) in [5, 5.41) is 11.3. The van der Waals surface area contributed by atoms with E-state index >= 15 is 0 Å². The van der Waals surface area contributed by atoms with Gasteiger partial charge in [-0.3, -0.25) is 14.4 Å². The van der Waals surface area contributed by atoms with Crippen molar-refractivity contribution in [2.45, 2.75) is 142 Å². The summed E-state index contributed by atoms with van der Waals surface area (Å²) in [5.41, 5.74) is 1.17. The molecule has 0 spiro atoms. The third-order valence-electron chi connectivity index (χ3n) is 9.44. The fraction of sp³-hybridized carbons (Fsp3) is 0.714. The molecule has 0 radical (unpaired) electrons. The highest BCUT2D eigenvalue weighted by Gasteiger charge is 2.52. The van der Waals surface area contributed by atoms with Gasteiger partial charge in [0.05, 0.1) is 6.10 Å². The second-order valence-corrected chi connectivity index (χ2v) is 12.5. The first-order valence-electron chi connectivity index (χ1n) is 16.7. The molecule has 1 aromatic rings. The number of Topliss-reactive ketones (excluding diaryl/α,β-unsaturated/α-hetero) is 2. The topological polar surface area (TPSA) is 110 Å². The Labute approximate surface area is 257 Å². The molecule has 1 amide bonds. The first-order chi connectivity index (χ1) is 20.6. The lowest BCUT2D eigenvalue weighted by molar-refractivity contribution is -0.263. The molecule has 2 aliphatic rings.